The van der Waals surface area contributed by atoms with Gasteiger partial charge in [-0.05, 0) is 37.2 Å². The van der Waals surface area contributed by atoms with E-state index in [-0.39, 0.29) is 24.4 Å². The standard InChI is InChI=1S/C16H20N2O3.ClH/c1-18(13-5-6-17-9-13)16(19)12-7-11-8-14(20-2)3-4-15(11)21-10-12;/h3-4,7-8,13,17H,5-6,9-10H2,1-2H3;1H. The molecule has 3 rings (SSSR count). The summed E-state index contributed by atoms with van der Waals surface area (Å²) in [6.45, 7) is 2.15. The van der Waals surface area contributed by atoms with Crippen molar-refractivity contribution in [3.63, 3.8) is 0 Å². The van der Waals surface area contributed by atoms with Crippen LogP contribution >= 0.6 is 12.4 Å². The number of methoxy groups -OCH3 is 1. The van der Waals surface area contributed by atoms with Gasteiger partial charge < -0.3 is 19.7 Å². The fraction of sp³-hybridized carbons (Fsp3) is 0.438. The van der Waals surface area contributed by atoms with Crippen molar-refractivity contribution in [2.75, 3.05) is 33.9 Å². The zero-order valence-corrected chi connectivity index (χ0v) is 13.6. The lowest BCUT2D eigenvalue weighted by Crippen LogP contribution is -2.40. The van der Waals surface area contributed by atoms with E-state index in [0.717, 1.165) is 36.6 Å². The third-order valence-electron chi connectivity index (χ3n) is 4.11. The highest BCUT2D eigenvalue weighted by atomic mass is 35.5. The van der Waals surface area contributed by atoms with Crippen LogP contribution in [-0.4, -0.2) is 50.7 Å². The molecule has 0 radical (unpaired) electrons. The molecule has 0 bridgehead atoms. The van der Waals surface area contributed by atoms with Crippen LogP contribution in [0.15, 0.2) is 23.8 Å². The smallest absolute Gasteiger partial charge is 0.253 e. The predicted molar refractivity (Wildman–Crippen MR) is 87.8 cm³/mol. The van der Waals surface area contributed by atoms with E-state index in [1.807, 2.05) is 36.2 Å². The maximum absolute atomic E-state index is 12.6. The number of hydrogen-bond acceptors (Lipinski definition) is 4. The molecule has 120 valence electrons. The zero-order chi connectivity index (χ0) is 14.8. The third-order valence-corrected chi connectivity index (χ3v) is 4.11. The van der Waals surface area contributed by atoms with E-state index in [1.165, 1.54) is 0 Å². The minimum atomic E-state index is 0. The summed E-state index contributed by atoms with van der Waals surface area (Å²) in [4.78, 5) is 14.4. The van der Waals surface area contributed by atoms with Crippen molar-refractivity contribution >= 4 is 24.4 Å². The van der Waals surface area contributed by atoms with Gasteiger partial charge in [0.25, 0.3) is 5.91 Å². The second-order valence-corrected chi connectivity index (χ2v) is 5.42. The number of nitrogens with one attached hydrogen (secondary N) is 1. The topological polar surface area (TPSA) is 50.8 Å². The van der Waals surface area contributed by atoms with Crippen LogP contribution in [0, 0.1) is 0 Å². The molecule has 2 aliphatic rings. The maximum Gasteiger partial charge on any atom is 0.253 e. The molecule has 2 aliphatic heterocycles. The minimum absolute atomic E-state index is 0. The molecule has 0 spiro atoms. The normalized spacial score (nSPS) is 19.4. The fourth-order valence-electron chi connectivity index (χ4n) is 2.77. The number of carbonyl (C=O) groups excluding carboxylic acids is 1. The number of carbonyl (C=O) groups is 1. The van der Waals surface area contributed by atoms with E-state index >= 15 is 0 Å². The van der Waals surface area contributed by atoms with Crippen molar-refractivity contribution in [1.29, 1.82) is 0 Å². The molecule has 1 fully saturated rings. The van der Waals surface area contributed by atoms with Crippen molar-refractivity contribution in [1.82, 2.24) is 10.2 Å². The first kappa shape index (κ1) is 16.6. The van der Waals surface area contributed by atoms with Crippen LogP contribution in [0.1, 0.15) is 12.0 Å². The molecular formula is C16H21ClN2O3. The second kappa shape index (κ2) is 7.03. The van der Waals surface area contributed by atoms with Crippen LogP contribution in [0.25, 0.3) is 6.08 Å². The molecule has 1 amide bonds. The molecular weight excluding hydrogens is 304 g/mol. The van der Waals surface area contributed by atoms with E-state index in [1.54, 1.807) is 7.11 Å². The highest BCUT2D eigenvalue weighted by Gasteiger charge is 2.27. The van der Waals surface area contributed by atoms with Gasteiger partial charge >= 0.3 is 0 Å². The Balaban J connectivity index is 0.00000176. The number of benzene rings is 1. The van der Waals surface area contributed by atoms with Crippen molar-refractivity contribution in [3.05, 3.63) is 29.3 Å². The average molecular weight is 325 g/mol. The van der Waals surface area contributed by atoms with Crippen LogP contribution in [0.5, 0.6) is 11.5 Å². The Labute approximate surface area is 136 Å². The van der Waals surface area contributed by atoms with E-state index in [0.29, 0.717) is 12.2 Å². The van der Waals surface area contributed by atoms with Gasteiger partial charge in [0, 0.05) is 25.2 Å². The summed E-state index contributed by atoms with van der Waals surface area (Å²) in [5.41, 5.74) is 1.58. The first-order valence-corrected chi connectivity index (χ1v) is 7.18. The molecule has 2 heterocycles. The van der Waals surface area contributed by atoms with Gasteiger partial charge in [0.2, 0.25) is 0 Å². The van der Waals surface area contributed by atoms with Crippen LogP contribution in [-0.2, 0) is 4.79 Å². The summed E-state index contributed by atoms with van der Waals surface area (Å²) in [6, 6.07) is 5.88. The van der Waals surface area contributed by atoms with Crippen LogP contribution in [0.3, 0.4) is 0 Å². The van der Waals surface area contributed by atoms with E-state index in [2.05, 4.69) is 5.32 Å². The number of rotatable bonds is 3. The quantitative estimate of drug-likeness (QED) is 0.919. The average Bonchev–Trinajstić information content (AvgIpc) is 3.06. The van der Waals surface area contributed by atoms with Crippen molar-refractivity contribution in [2.45, 2.75) is 12.5 Å². The van der Waals surface area contributed by atoms with Crippen LogP contribution in [0.2, 0.25) is 0 Å². The van der Waals surface area contributed by atoms with Crippen molar-refractivity contribution < 1.29 is 14.3 Å². The lowest BCUT2D eigenvalue weighted by molar-refractivity contribution is -0.127. The Morgan fingerprint density at radius 1 is 1.45 bits per heavy atom. The van der Waals surface area contributed by atoms with Gasteiger partial charge in [0.05, 0.1) is 12.7 Å². The maximum atomic E-state index is 12.6. The number of likely N-dealkylation sites (N-methyl/N-ethyl adjacent to an activating group) is 1. The first-order chi connectivity index (χ1) is 10.2. The van der Waals surface area contributed by atoms with Crippen molar-refractivity contribution in [3.8, 4) is 11.5 Å². The SMILES string of the molecule is COc1ccc2c(c1)C=C(C(=O)N(C)C1CCNC1)CO2.Cl. The largest absolute Gasteiger partial charge is 0.497 e. The summed E-state index contributed by atoms with van der Waals surface area (Å²) in [6.07, 6.45) is 2.91. The van der Waals surface area contributed by atoms with Gasteiger partial charge in [-0.25, -0.2) is 0 Å². The molecule has 0 saturated carbocycles. The zero-order valence-electron chi connectivity index (χ0n) is 12.8. The van der Waals surface area contributed by atoms with Gasteiger partial charge in [0.1, 0.15) is 18.1 Å². The van der Waals surface area contributed by atoms with Crippen LogP contribution in [0.4, 0.5) is 0 Å². The molecule has 5 nitrogen and oxygen atoms in total. The minimum Gasteiger partial charge on any atom is -0.497 e. The summed E-state index contributed by atoms with van der Waals surface area (Å²) in [5.74, 6) is 1.59. The predicted octanol–water partition coefficient (Wildman–Crippen LogP) is 1.71. The first-order valence-electron chi connectivity index (χ1n) is 7.18. The summed E-state index contributed by atoms with van der Waals surface area (Å²) in [5, 5.41) is 3.28. The van der Waals surface area contributed by atoms with Gasteiger partial charge in [0.15, 0.2) is 0 Å². The summed E-state index contributed by atoms with van der Waals surface area (Å²) >= 11 is 0. The van der Waals surface area contributed by atoms with Crippen LogP contribution < -0.4 is 14.8 Å². The van der Waals surface area contributed by atoms with Gasteiger partial charge in [-0.3, -0.25) is 4.79 Å². The number of hydrogen-bond donors (Lipinski definition) is 1. The van der Waals surface area contributed by atoms with Gasteiger partial charge in [-0.2, -0.15) is 0 Å². The molecule has 6 heteroatoms. The Kier molecular flexibility index (Phi) is 5.32. The summed E-state index contributed by atoms with van der Waals surface area (Å²) < 4.78 is 10.9. The van der Waals surface area contributed by atoms with E-state index < -0.39 is 0 Å². The van der Waals surface area contributed by atoms with Gasteiger partial charge in [-0.1, -0.05) is 0 Å². The van der Waals surface area contributed by atoms with E-state index in [9.17, 15) is 4.79 Å². The molecule has 1 saturated heterocycles. The molecule has 1 unspecified atom stereocenters. The highest BCUT2D eigenvalue weighted by molar-refractivity contribution is 5.99. The monoisotopic (exact) mass is 324 g/mol. The Morgan fingerprint density at radius 2 is 2.27 bits per heavy atom. The molecule has 22 heavy (non-hydrogen) atoms. The van der Waals surface area contributed by atoms with E-state index in [4.69, 9.17) is 9.47 Å². The number of ether oxygens (including phenoxy) is 2. The lowest BCUT2D eigenvalue weighted by atomic mass is 10.1. The Bertz CT molecular complexity index is 583. The van der Waals surface area contributed by atoms with Gasteiger partial charge in [-0.15, -0.1) is 12.4 Å². The molecule has 1 aromatic carbocycles. The molecule has 1 atom stereocenters. The number of nitrogens with zero attached hydrogens (tertiary/aromatic N) is 1. The second-order valence-electron chi connectivity index (χ2n) is 5.42. The fourth-order valence-corrected chi connectivity index (χ4v) is 2.77. The Morgan fingerprint density at radius 3 is 2.95 bits per heavy atom. The molecule has 0 aliphatic carbocycles. The number of amides is 1. The number of fused-ring (bicyclic) bond motifs is 1. The molecule has 1 aromatic rings. The van der Waals surface area contributed by atoms with Crippen molar-refractivity contribution in [2.24, 2.45) is 0 Å². The third kappa shape index (κ3) is 3.20. The highest BCUT2D eigenvalue weighted by Crippen LogP contribution is 2.30. The number of halogens is 1. The molecule has 0 aromatic heterocycles. The molecule has 1 N–H and O–H groups in total. The lowest BCUT2D eigenvalue weighted by Gasteiger charge is -2.26. The Hall–Kier alpha value is -1.72. The summed E-state index contributed by atoms with van der Waals surface area (Å²) in [7, 11) is 3.49.